The van der Waals surface area contributed by atoms with Crippen LogP contribution in [-0.4, -0.2) is 33.3 Å². The van der Waals surface area contributed by atoms with Crippen molar-refractivity contribution in [3.8, 4) is 0 Å². The first-order valence-electron chi connectivity index (χ1n) is 7.33. The van der Waals surface area contributed by atoms with E-state index in [1.165, 1.54) is 36.4 Å². The molecule has 2 N–H and O–H groups in total. The van der Waals surface area contributed by atoms with Crippen molar-refractivity contribution in [2.75, 3.05) is 13.2 Å². The summed E-state index contributed by atoms with van der Waals surface area (Å²) in [5.74, 6) is 0. The fraction of sp³-hybridized carbons (Fsp3) is 0.250. The molecule has 0 spiro atoms. The smallest absolute Gasteiger partial charge is 0.273 e. The Balaban J connectivity index is 2.38. The summed E-state index contributed by atoms with van der Waals surface area (Å²) in [6, 6.07) is 12.0. The number of thioether (sulfide) groups is 1. The summed E-state index contributed by atoms with van der Waals surface area (Å²) in [6.07, 6.45) is 0. The SMILES string of the molecule is O=[N+]([O-])c1ccccc1C(CO)SC(CO)c1ccccc1[N+](=O)[O-]. The Morgan fingerprint density at radius 2 is 1.16 bits per heavy atom. The highest BCUT2D eigenvalue weighted by Crippen LogP contribution is 2.44. The molecule has 0 fully saturated rings. The van der Waals surface area contributed by atoms with E-state index in [1.807, 2.05) is 0 Å². The van der Waals surface area contributed by atoms with E-state index >= 15 is 0 Å². The average Bonchev–Trinajstić information content (AvgIpc) is 2.63. The zero-order valence-corrected chi connectivity index (χ0v) is 13.8. The molecular weight excluding hydrogens is 348 g/mol. The largest absolute Gasteiger partial charge is 0.395 e. The van der Waals surface area contributed by atoms with Crippen LogP contribution in [-0.2, 0) is 0 Å². The molecule has 0 heterocycles. The second-order valence-electron chi connectivity index (χ2n) is 5.11. The zero-order chi connectivity index (χ0) is 18.4. The number of nitro benzene ring substituents is 2. The predicted molar refractivity (Wildman–Crippen MR) is 93.4 cm³/mol. The monoisotopic (exact) mass is 364 g/mol. The van der Waals surface area contributed by atoms with E-state index in [2.05, 4.69) is 0 Å². The summed E-state index contributed by atoms with van der Waals surface area (Å²) in [5.41, 5.74) is 0.315. The van der Waals surface area contributed by atoms with Gasteiger partial charge in [-0.1, -0.05) is 36.4 Å². The van der Waals surface area contributed by atoms with E-state index in [9.17, 15) is 30.4 Å². The van der Waals surface area contributed by atoms with Crippen LogP contribution in [0.5, 0.6) is 0 Å². The standard InChI is InChI=1S/C16H16N2O6S/c19-9-15(11-5-1-3-7-13(11)17(21)22)25-16(10-20)12-6-2-4-8-14(12)18(23)24/h1-8,15-16,19-20H,9-10H2. The van der Waals surface area contributed by atoms with Crippen molar-refractivity contribution in [1.29, 1.82) is 0 Å². The molecule has 132 valence electrons. The molecule has 2 unspecified atom stereocenters. The van der Waals surface area contributed by atoms with Crippen molar-refractivity contribution < 1.29 is 20.1 Å². The Hall–Kier alpha value is -2.49. The predicted octanol–water partition coefficient (Wildman–Crippen LogP) is 3.00. The number of benzene rings is 2. The van der Waals surface area contributed by atoms with E-state index in [-0.39, 0.29) is 11.4 Å². The van der Waals surface area contributed by atoms with Crippen LogP contribution in [0.3, 0.4) is 0 Å². The molecule has 0 bridgehead atoms. The van der Waals surface area contributed by atoms with E-state index < -0.39 is 33.6 Å². The second-order valence-corrected chi connectivity index (χ2v) is 6.52. The molecule has 0 saturated carbocycles. The third-order valence-corrected chi connectivity index (χ3v) is 5.08. The minimum atomic E-state index is -0.710. The van der Waals surface area contributed by atoms with Gasteiger partial charge in [0.25, 0.3) is 11.4 Å². The molecule has 0 saturated heterocycles. The first-order valence-corrected chi connectivity index (χ1v) is 8.27. The van der Waals surface area contributed by atoms with Crippen molar-refractivity contribution in [3.63, 3.8) is 0 Å². The van der Waals surface area contributed by atoms with E-state index in [1.54, 1.807) is 12.1 Å². The van der Waals surface area contributed by atoms with Gasteiger partial charge in [0.1, 0.15) is 0 Å². The first kappa shape index (κ1) is 18.8. The molecular formula is C16H16N2O6S. The maximum atomic E-state index is 11.2. The van der Waals surface area contributed by atoms with Gasteiger partial charge in [0.2, 0.25) is 0 Å². The van der Waals surface area contributed by atoms with Gasteiger partial charge in [-0.3, -0.25) is 20.2 Å². The van der Waals surface area contributed by atoms with Gasteiger partial charge < -0.3 is 10.2 Å². The molecule has 9 heteroatoms. The van der Waals surface area contributed by atoms with Gasteiger partial charge in [0.05, 0.1) is 33.6 Å². The number of para-hydroxylation sites is 2. The Labute approximate surface area is 147 Å². The highest BCUT2D eigenvalue weighted by molar-refractivity contribution is 7.99. The molecule has 0 aliphatic heterocycles. The molecule has 0 amide bonds. The normalized spacial score (nSPS) is 13.2. The lowest BCUT2D eigenvalue weighted by atomic mass is 10.1. The first-order chi connectivity index (χ1) is 12.0. The molecule has 2 aromatic carbocycles. The minimum Gasteiger partial charge on any atom is -0.395 e. The van der Waals surface area contributed by atoms with Crippen LogP contribution in [0, 0.1) is 20.2 Å². The van der Waals surface area contributed by atoms with Crippen LogP contribution >= 0.6 is 11.8 Å². The third-order valence-electron chi connectivity index (χ3n) is 3.62. The van der Waals surface area contributed by atoms with Gasteiger partial charge in [0.15, 0.2) is 0 Å². The van der Waals surface area contributed by atoms with Gasteiger partial charge in [-0.25, -0.2) is 0 Å². The highest BCUT2D eigenvalue weighted by atomic mass is 32.2. The summed E-state index contributed by atoms with van der Waals surface area (Å²) >= 11 is 1.05. The minimum absolute atomic E-state index is 0.145. The summed E-state index contributed by atoms with van der Waals surface area (Å²) in [5, 5.41) is 40.3. The Bertz CT molecular complexity index is 706. The topological polar surface area (TPSA) is 127 Å². The Morgan fingerprint density at radius 3 is 1.48 bits per heavy atom. The van der Waals surface area contributed by atoms with Crippen molar-refractivity contribution in [2.45, 2.75) is 10.5 Å². The van der Waals surface area contributed by atoms with E-state index in [0.717, 1.165) is 11.8 Å². The molecule has 0 aliphatic carbocycles. The highest BCUT2D eigenvalue weighted by Gasteiger charge is 2.28. The van der Waals surface area contributed by atoms with Crippen molar-refractivity contribution in [1.82, 2.24) is 0 Å². The van der Waals surface area contributed by atoms with Crippen LogP contribution in [0.4, 0.5) is 11.4 Å². The lowest BCUT2D eigenvalue weighted by molar-refractivity contribution is -0.385. The quantitative estimate of drug-likeness (QED) is 0.544. The van der Waals surface area contributed by atoms with Crippen LogP contribution < -0.4 is 0 Å². The van der Waals surface area contributed by atoms with Crippen LogP contribution in [0.1, 0.15) is 21.6 Å². The average molecular weight is 364 g/mol. The number of nitrogens with zero attached hydrogens (tertiary/aromatic N) is 2. The fourth-order valence-corrected chi connectivity index (χ4v) is 3.74. The summed E-state index contributed by atoms with van der Waals surface area (Å²) in [6.45, 7) is -0.820. The van der Waals surface area contributed by atoms with E-state index in [4.69, 9.17) is 0 Å². The molecule has 0 aromatic heterocycles. The van der Waals surface area contributed by atoms with Gasteiger partial charge in [-0.15, -0.1) is 11.8 Å². The second kappa shape index (κ2) is 8.56. The number of rotatable bonds is 8. The van der Waals surface area contributed by atoms with Crippen LogP contribution in [0.25, 0.3) is 0 Å². The molecule has 8 nitrogen and oxygen atoms in total. The number of hydrogen-bond donors (Lipinski definition) is 2. The molecule has 2 rings (SSSR count). The van der Waals surface area contributed by atoms with Gasteiger partial charge >= 0.3 is 0 Å². The Kier molecular flexibility index (Phi) is 6.45. The molecule has 0 aliphatic rings. The lowest BCUT2D eigenvalue weighted by Crippen LogP contribution is -2.10. The van der Waals surface area contributed by atoms with Crippen molar-refractivity contribution in [2.24, 2.45) is 0 Å². The Morgan fingerprint density at radius 1 is 0.800 bits per heavy atom. The maximum absolute atomic E-state index is 11.2. The van der Waals surface area contributed by atoms with Crippen LogP contribution in [0.2, 0.25) is 0 Å². The number of hydrogen-bond acceptors (Lipinski definition) is 7. The molecule has 2 aromatic rings. The molecule has 0 radical (unpaired) electrons. The third kappa shape index (κ3) is 4.32. The van der Waals surface area contributed by atoms with Crippen molar-refractivity contribution >= 4 is 23.1 Å². The van der Waals surface area contributed by atoms with Gasteiger partial charge in [-0.2, -0.15) is 0 Å². The maximum Gasteiger partial charge on any atom is 0.273 e. The summed E-state index contributed by atoms with van der Waals surface area (Å²) < 4.78 is 0. The summed E-state index contributed by atoms with van der Waals surface area (Å²) in [4.78, 5) is 21.3. The number of nitro groups is 2. The number of aliphatic hydroxyl groups excluding tert-OH is 2. The lowest BCUT2D eigenvalue weighted by Gasteiger charge is -2.21. The fourth-order valence-electron chi connectivity index (χ4n) is 2.48. The van der Waals surface area contributed by atoms with Gasteiger partial charge in [-0.05, 0) is 0 Å². The van der Waals surface area contributed by atoms with Crippen molar-refractivity contribution in [3.05, 3.63) is 79.9 Å². The molecule has 25 heavy (non-hydrogen) atoms. The number of aliphatic hydroxyl groups is 2. The van der Waals surface area contributed by atoms with Crippen LogP contribution in [0.15, 0.2) is 48.5 Å². The van der Waals surface area contributed by atoms with Gasteiger partial charge in [0, 0.05) is 23.3 Å². The zero-order valence-electron chi connectivity index (χ0n) is 13.0. The summed E-state index contributed by atoms with van der Waals surface area (Å²) in [7, 11) is 0. The molecule has 2 atom stereocenters. The van der Waals surface area contributed by atoms with E-state index in [0.29, 0.717) is 11.1 Å².